The monoisotopic (exact) mass is 349 g/mol. The molecule has 0 spiro atoms. The van der Waals surface area contributed by atoms with Gasteiger partial charge < -0.3 is 5.11 Å². The summed E-state index contributed by atoms with van der Waals surface area (Å²) in [5.74, 6) is -0.741. The van der Waals surface area contributed by atoms with Crippen molar-refractivity contribution < 1.29 is 9.90 Å². The van der Waals surface area contributed by atoms with Gasteiger partial charge in [-0.1, -0.05) is 36.2 Å². The molecule has 5 heteroatoms. The number of carboxylic acids is 1. The zero-order chi connectivity index (χ0) is 16.4. The Labute approximate surface area is 145 Å². The summed E-state index contributed by atoms with van der Waals surface area (Å²) in [6.45, 7) is 2.85. The molecule has 0 saturated carbocycles. The lowest BCUT2D eigenvalue weighted by molar-refractivity contribution is -0.145. The minimum Gasteiger partial charge on any atom is -0.480 e. The normalized spacial score (nSPS) is 20.3. The van der Waals surface area contributed by atoms with E-state index in [4.69, 9.17) is 11.6 Å². The van der Waals surface area contributed by atoms with Crippen molar-refractivity contribution in [2.75, 3.05) is 6.54 Å². The molecular formula is C18H20ClNO2S. The molecule has 1 aliphatic rings. The van der Waals surface area contributed by atoms with Gasteiger partial charge in [0.2, 0.25) is 0 Å². The molecule has 1 aliphatic heterocycles. The fourth-order valence-electron chi connectivity index (χ4n) is 3.32. The summed E-state index contributed by atoms with van der Waals surface area (Å²) in [4.78, 5) is 15.0. The van der Waals surface area contributed by atoms with Crippen molar-refractivity contribution in [3.05, 3.63) is 56.7 Å². The Morgan fingerprint density at radius 2 is 2.17 bits per heavy atom. The van der Waals surface area contributed by atoms with Gasteiger partial charge in [0.25, 0.3) is 0 Å². The van der Waals surface area contributed by atoms with E-state index in [0.29, 0.717) is 11.4 Å². The number of nitrogens with zero attached hydrogens (tertiary/aromatic N) is 1. The van der Waals surface area contributed by atoms with Crippen LogP contribution < -0.4 is 0 Å². The number of halogens is 1. The van der Waals surface area contributed by atoms with Crippen LogP contribution in [0.4, 0.5) is 0 Å². The topological polar surface area (TPSA) is 40.5 Å². The highest BCUT2D eigenvalue weighted by molar-refractivity contribution is 7.10. The molecule has 0 bridgehead atoms. The van der Waals surface area contributed by atoms with E-state index in [1.54, 1.807) is 11.3 Å². The molecule has 1 saturated heterocycles. The van der Waals surface area contributed by atoms with Gasteiger partial charge in [0.05, 0.1) is 6.04 Å². The van der Waals surface area contributed by atoms with E-state index in [1.165, 1.54) is 5.56 Å². The van der Waals surface area contributed by atoms with Crippen LogP contribution in [0.3, 0.4) is 0 Å². The number of likely N-dealkylation sites (tertiary alicyclic amines) is 1. The fraction of sp³-hybridized carbons (Fsp3) is 0.389. The number of rotatable bonds is 4. The van der Waals surface area contributed by atoms with Crippen LogP contribution in [-0.4, -0.2) is 28.6 Å². The second kappa shape index (κ2) is 7.04. The van der Waals surface area contributed by atoms with Crippen LogP contribution in [0.5, 0.6) is 0 Å². The molecule has 2 aromatic rings. The number of carbonyl (C=O) groups is 1. The van der Waals surface area contributed by atoms with Crippen LogP contribution in [0.2, 0.25) is 5.02 Å². The highest BCUT2D eigenvalue weighted by Crippen LogP contribution is 2.39. The minimum atomic E-state index is -0.741. The number of piperidine rings is 1. The van der Waals surface area contributed by atoms with E-state index in [2.05, 4.69) is 23.3 Å². The Bertz CT molecular complexity index is 700. The third kappa shape index (κ3) is 3.44. The van der Waals surface area contributed by atoms with Gasteiger partial charge in [0, 0.05) is 9.90 Å². The zero-order valence-electron chi connectivity index (χ0n) is 13.0. The first-order valence-corrected chi connectivity index (χ1v) is 9.11. The molecule has 0 radical (unpaired) electrons. The van der Waals surface area contributed by atoms with E-state index in [9.17, 15) is 9.90 Å². The van der Waals surface area contributed by atoms with Crippen LogP contribution in [0.1, 0.15) is 41.3 Å². The molecule has 1 N–H and O–H groups in total. The summed E-state index contributed by atoms with van der Waals surface area (Å²) in [7, 11) is 0. The molecule has 23 heavy (non-hydrogen) atoms. The maximum Gasteiger partial charge on any atom is 0.320 e. The third-order valence-electron chi connectivity index (χ3n) is 4.38. The smallest absolute Gasteiger partial charge is 0.320 e. The SMILES string of the molecule is Cc1csc(C(c2ccccc2Cl)N2CCCCC2C(=O)O)c1. The average molecular weight is 350 g/mol. The van der Waals surface area contributed by atoms with Gasteiger partial charge >= 0.3 is 5.97 Å². The predicted octanol–water partition coefficient (Wildman–Crippen LogP) is 4.74. The number of aryl methyl sites for hydroxylation is 1. The quantitative estimate of drug-likeness (QED) is 0.866. The van der Waals surface area contributed by atoms with Crippen molar-refractivity contribution in [1.82, 2.24) is 4.90 Å². The molecule has 1 aromatic heterocycles. The molecule has 2 heterocycles. The number of carboxylic acid groups (broad SMARTS) is 1. The van der Waals surface area contributed by atoms with Gasteiger partial charge in [0.1, 0.15) is 6.04 Å². The summed E-state index contributed by atoms with van der Waals surface area (Å²) in [5, 5.41) is 12.5. The number of hydrogen-bond donors (Lipinski definition) is 1. The molecule has 1 fully saturated rings. The summed E-state index contributed by atoms with van der Waals surface area (Å²) < 4.78 is 0. The maximum atomic E-state index is 11.8. The first kappa shape index (κ1) is 16.5. The van der Waals surface area contributed by atoms with Crippen LogP contribution in [0.15, 0.2) is 35.7 Å². The van der Waals surface area contributed by atoms with E-state index in [1.807, 2.05) is 24.3 Å². The lowest BCUT2D eigenvalue weighted by Crippen LogP contribution is -2.46. The van der Waals surface area contributed by atoms with E-state index in [0.717, 1.165) is 29.8 Å². The molecular weight excluding hydrogens is 330 g/mol. The van der Waals surface area contributed by atoms with Crippen LogP contribution >= 0.6 is 22.9 Å². The second-order valence-corrected chi connectivity index (χ2v) is 7.39. The third-order valence-corrected chi connectivity index (χ3v) is 5.83. The summed E-state index contributed by atoms with van der Waals surface area (Å²) >= 11 is 8.13. The van der Waals surface area contributed by atoms with E-state index in [-0.39, 0.29) is 6.04 Å². The predicted molar refractivity (Wildman–Crippen MR) is 94.3 cm³/mol. The van der Waals surface area contributed by atoms with Crippen molar-refractivity contribution in [2.45, 2.75) is 38.3 Å². The second-order valence-electron chi connectivity index (χ2n) is 6.04. The van der Waals surface area contributed by atoms with Gasteiger partial charge in [-0.05, 0) is 54.9 Å². The molecule has 2 unspecified atom stereocenters. The van der Waals surface area contributed by atoms with Crippen LogP contribution in [-0.2, 0) is 4.79 Å². The van der Waals surface area contributed by atoms with Gasteiger partial charge in [-0.25, -0.2) is 0 Å². The Balaban J connectivity index is 2.08. The highest BCUT2D eigenvalue weighted by atomic mass is 35.5. The van der Waals surface area contributed by atoms with Gasteiger partial charge in [-0.15, -0.1) is 11.3 Å². The Morgan fingerprint density at radius 3 is 2.83 bits per heavy atom. The number of hydrogen-bond acceptors (Lipinski definition) is 3. The van der Waals surface area contributed by atoms with Gasteiger partial charge in [-0.2, -0.15) is 0 Å². The highest BCUT2D eigenvalue weighted by Gasteiger charge is 2.36. The standard InChI is InChI=1S/C18H20ClNO2S/c1-12-10-16(23-11-12)17(13-6-2-3-7-14(13)19)20-9-5-4-8-15(20)18(21)22/h2-3,6-7,10-11,15,17H,4-5,8-9H2,1H3,(H,21,22). The molecule has 122 valence electrons. The number of aliphatic carboxylic acids is 1. The lowest BCUT2D eigenvalue weighted by Gasteiger charge is -2.39. The first-order valence-electron chi connectivity index (χ1n) is 7.86. The molecule has 0 aliphatic carbocycles. The average Bonchev–Trinajstić information content (AvgIpc) is 2.96. The van der Waals surface area contributed by atoms with Crippen LogP contribution in [0, 0.1) is 6.92 Å². The van der Waals surface area contributed by atoms with Gasteiger partial charge in [0.15, 0.2) is 0 Å². The summed E-state index contributed by atoms with van der Waals surface area (Å²) in [5.41, 5.74) is 2.19. The first-order chi connectivity index (χ1) is 11.1. The summed E-state index contributed by atoms with van der Waals surface area (Å²) in [6, 6.07) is 9.37. The molecule has 1 aromatic carbocycles. The molecule has 2 atom stereocenters. The van der Waals surface area contributed by atoms with Crippen molar-refractivity contribution in [3.8, 4) is 0 Å². The minimum absolute atomic E-state index is 0.0937. The summed E-state index contributed by atoms with van der Waals surface area (Å²) in [6.07, 6.45) is 2.68. The molecule has 3 rings (SSSR count). The number of benzene rings is 1. The Morgan fingerprint density at radius 1 is 1.39 bits per heavy atom. The lowest BCUT2D eigenvalue weighted by atomic mass is 9.95. The van der Waals surface area contributed by atoms with Crippen molar-refractivity contribution in [2.24, 2.45) is 0 Å². The molecule has 0 amide bonds. The maximum absolute atomic E-state index is 11.8. The Hall–Kier alpha value is -1.36. The number of thiophene rings is 1. The van der Waals surface area contributed by atoms with Gasteiger partial charge in [-0.3, -0.25) is 9.69 Å². The zero-order valence-corrected chi connectivity index (χ0v) is 14.6. The van der Waals surface area contributed by atoms with E-state index >= 15 is 0 Å². The van der Waals surface area contributed by atoms with Crippen LogP contribution in [0.25, 0.3) is 0 Å². The molecule has 3 nitrogen and oxygen atoms in total. The fourth-order valence-corrected chi connectivity index (χ4v) is 4.59. The van der Waals surface area contributed by atoms with Crippen molar-refractivity contribution in [1.29, 1.82) is 0 Å². The van der Waals surface area contributed by atoms with Crippen molar-refractivity contribution >= 4 is 28.9 Å². The Kier molecular flexibility index (Phi) is 5.05. The van der Waals surface area contributed by atoms with Crippen molar-refractivity contribution in [3.63, 3.8) is 0 Å². The largest absolute Gasteiger partial charge is 0.480 e. The van der Waals surface area contributed by atoms with E-state index < -0.39 is 12.0 Å².